The average Bonchev–Trinajstić information content (AvgIpc) is 2.39. The third kappa shape index (κ3) is 3.07. The molecule has 2 atom stereocenters. The highest BCUT2D eigenvalue weighted by Crippen LogP contribution is 2.32. The van der Waals surface area contributed by atoms with Crippen molar-refractivity contribution in [1.29, 1.82) is 5.26 Å². The maximum atomic E-state index is 9.27. The quantitative estimate of drug-likeness (QED) is 0.893. The first-order valence-electron chi connectivity index (χ1n) is 7.25. The van der Waals surface area contributed by atoms with Crippen LogP contribution >= 0.6 is 0 Å². The Hall–Kier alpha value is -1.56. The van der Waals surface area contributed by atoms with Crippen LogP contribution in [0.1, 0.15) is 50.7 Å². The van der Waals surface area contributed by atoms with Gasteiger partial charge in [0.25, 0.3) is 0 Å². The number of anilines is 1. The monoisotopic (exact) mass is 257 g/mol. The molecule has 3 heteroatoms. The molecular weight excluding hydrogens is 234 g/mol. The van der Waals surface area contributed by atoms with Gasteiger partial charge in [-0.25, -0.2) is 4.98 Å². The molecule has 2 rings (SSSR count). The Labute approximate surface area is 116 Å². The van der Waals surface area contributed by atoms with E-state index in [-0.39, 0.29) is 0 Å². The fourth-order valence-corrected chi connectivity index (χ4v) is 3.12. The third-order valence-electron chi connectivity index (χ3n) is 4.27. The van der Waals surface area contributed by atoms with E-state index in [1.165, 1.54) is 25.7 Å². The normalized spacial score (nSPS) is 23.1. The molecule has 102 valence electrons. The van der Waals surface area contributed by atoms with Gasteiger partial charge in [0, 0.05) is 12.2 Å². The lowest BCUT2D eigenvalue weighted by atomic mass is 9.78. The van der Waals surface area contributed by atoms with Crippen molar-refractivity contribution in [3.8, 4) is 6.07 Å². The van der Waals surface area contributed by atoms with Gasteiger partial charge in [0.2, 0.25) is 0 Å². The van der Waals surface area contributed by atoms with Gasteiger partial charge in [-0.15, -0.1) is 0 Å². The van der Waals surface area contributed by atoms with Crippen LogP contribution < -0.4 is 5.32 Å². The highest BCUT2D eigenvalue weighted by molar-refractivity contribution is 5.55. The van der Waals surface area contributed by atoms with Crippen LogP contribution in [0.3, 0.4) is 0 Å². The van der Waals surface area contributed by atoms with E-state index in [1.54, 1.807) is 6.20 Å². The summed E-state index contributed by atoms with van der Waals surface area (Å²) in [6, 6.07) is 4.62. The number of pyridine rings is 1. The number of nitriles is 1. The van der Waals surface area contributed by atoms with Crippen LogP contribution in [0.5, 0.6) is 0 Å². The van der Waals surface area contributed by atoms with Crippen molar-refractivity contribution in [2.24, 2.45) is 11.8 Å². The number of nitrogens with zero attached hydrogens (tertiary/aromatic N) is 2. The van der Waals surface area contributed by atoms with E-state index in [0.29, 0.717) is 23.4 Å². The van der Waals surface area contributed by atoms with Crippen LogP contribution in [0.2, 0.25) is 0 Å². The molecule has 0 amide bonds. The molecule has 19 heavy (non-hydrogen) atoms. The molecule has 1 aliphatic carbocycles. The van der Waals surface area contributed by atoms with E-state index < -0.39 is 0 Å². The first-order chi connectivity index (χ1) is 9.13. The summed E-state index contributed by atoms with van der Waals surface area (Å²) in [5, 5.41) is 12.8. The largest absolute Gasteiger partial charge is 0.366 e. The molecule has 3 nitrogen and oxygen atoms in total. The Kier molecular flexibility index (Phi) is 4.42. The van der Waals surface area contributed by atoms with Crippen LogP contribution in [-0.2, 0) is 0 Å². The fourth-order valence-electron chi connectivity index (χ4n) is 3.12. The first kappa shape index (κ1) is 13.9. The molecule has 1 aromatic rings. The highest BCUT2D eigenvalue weighted by Gasteiger charge is 2.28. The molecule has 0 spiro atoms. The molecule has 1 saturated carbocycles. The molecule has 1 aliphatic rings. The minimum Gasteiger partial charge on any atom is -0.366 e. The lowest BCUT2D eigenvalue weighted by Crippen LogP contribution is -2.35. The Bertz CT molecular complexity index is 473. The van der Waals surface area contributed by atoms with Gasteiger partial charge in [-0.1, -0.05) is 26.7 Å². The predicted octanol–water partition coefficient (Wildman–Crippen LogP) is 3.89. The zero-order chi connectivity index (χ0) is 13.8. The summed E-state index contributed by atoms with van der Waals surface area (Å²) in [5.41, 5.74) is 1.69. The van der Waals surface area contributed by atoms with Crippen LogP contribution in [0, 0.1) is 30.1 Å². The Morgan fingerprint density at radius 2 is 2.11 bits per heavy atom. The van der Waals surface area contributed by atoms with Crippen molar-refractivity contribution in [2.75, 3.05) is 5.32 Å². The zero-order valence-electron chi connectivity index (χ0n) is 12.1. The molecule has 0 aliphatic heterocycles. The van der Waals surface area contributed by atoms with Crippen LogP contribution in [0.4, 0.5) is 5.82 Å². The molecule has 0 radical (unpaired) electrons. The van der Waals surface area contributed by atoms with Gasteiger partial charge in [0.05, 0.1) is 5.56 Å². The van der Waals surface area contributed by atoms with Gasteiger partial charge >= 0.3 is 0 Å². The lowest BCUT2D eigenvalue weighted by molar-refractivity contribution is 0.253. The number of rotatable bonds is 3. The fraction of sp³-hybridized carbons (Fsp3) is 0.625. The number of nitrogens with one attached hydrogen (secondary N) is 1. The number of hydrogen-bond donors (Lipinski definition) is 1. The summed E-state index contributed by atoms with van der Waals surface area (Å²) in [5.74, 6) is 2.12. The lowest BCUT2D eigenvalue weighted by Gasteiger charge is -2.35. The number of hydrogen-bond acceptors (Lipinski definition) is 3. The standard InChI is InChI=1S/C16H23N3/c1-11(2)13-6-4-5-7-15(13)19-16-14(10-17)12(3)8-9-18-16/h8-9,11,13,15H,4-7H2,1-3H3,(H,18,19). The summed E-state index contributed by atoms with van der Waals surface area (Å²) in [4.78, 5) is 4.36. The second-order valence-electron chi connectivity index (χ2n) is 5.91. The van der Waals surface area contributed by atoms with Gasteiger partial charge in [-0.2, -0.15) is 5.26 Å². The van der Waals surface area contributed by atoms with Crippen molar-refractivity contribution in [3.05, 3.63) is 23.4 Å². The summed E-state index contributed by atoms with van der Waals surface area (Å²) in [7, 11) is 0. The van der Waals surface area contributed by atoms with E-state index >= 15 is 0 Å². The Morgan fingerprint density at radius 3 is 2.79 bits per heavy atom. The van der Waals surface area contributed by atoms with Crippen molar-refractivity contribution < 1.29 is 0 Å². The molecule has 1 aromatic heterocycles. The van der Waals surface area contributed by atoms with E-state index in [9.17, 15) is 5.26 Å². The maximum Gasteiger partial charge on any atom is 0.144 e. The smallest absolute Gasteiger partial charge is 0.144 e. The molecule has 0 bridgehead atoms. The van der Waals surface area contributed by atoms with Crippen molar-refractivity contribution in [3.63, 3.8) is 0 Å². The summed E-state index contributed by atoms with van der Waals surface area (Å²) < 4.78 is 0. The Morgan fingerprint density at radius 1 is 1.37 bits per heavy atom. The highest BCUT2D eigenvalue weighted by atomic mass is 15.0. The molecular formula is C16H23N3. The summed E-state index contributed by atoms with van der Waals surface area (Å²) in [6.45, 7) is 6.55. The second kappa shape index (κ2) is 6.06. The van der Waals surface area contributed by atoms with Crippen LogP contribution in [0.15, 0.2) is 12.3 Å². The van der Waals surface area contributed by atoms with Crippen molar-refractivity contribution >= 4 is 5.82 Å². The summed E-state index contributed by atoms with van der Waals surface area (Å²) in [6.07, 6.45) is 6.85. The van der Waals surface area contributed by atoms with Gasteiger partial charge < -0.3 is 5.32 Å². The topological polar surface area (TPSA) is 48.7 Å². The average molecular weight is 257 g/mol. The zero-order valence-corrected chi connectivity index (χ0v) is 12.1. The van der Waals surface area contributed by atoms with Crippen molar-refractivity contribution in [1.82, 2.24) is 4.98 Å². The number of aryl methyl sites for hydroxylation is 1. The van der Waals surface area contributed by atoms with Crippen molar-refractivity contribution in [2.45, 2.75) is 52.5 Å². The SMILES string of the molecule is Cc1ccnc(NC2CCCCC2C(C)C)c1C#N. The van der Waals surface area contributed by atoms with E-state index in [4.69, 9.17) is 0 Å². The predicted molar refractivity (Wildman–Crippen MR) is 77.9 cm³/mol. The molecule has 0 saturated heterocycles. The van der Waals surface area contributed by atoms with Gasteiger partial charge in [-0.05, 0) is 43.2 Å². The molecule has 1 N–H and O–H groups in total. The van der Waals surface area contributed by atoms with E-state index in [0.717, 1.165) is 11.4 Å². The minimum absolute atomic E-state index is 0.454. The molecule has 1 heterocycles. The van der Waals surface area contributed by atoms with E-state index in [1.807, 2.05) is 13.0 Å². The first-order valence-corrected chi connectivity index (χ1v) is 7.25. The van der Waals surface area contributed by atoms with E-state index in [2.05, 4.69) is 30.2 Å². The van der Waals surface area contributed by atoms with Gasteiger partial charge in [-0.3, -0.25) is 0 Å². The summed E-state index contributed by atoms with van der Waals surface area (Å²) >= 11 is 0. The Balaban J connectivity index is 2.20. The minimum atomic E-state index is 0.454. The van der Waals surface area contributed by atoms with Crippen LogP contribution in [0.25, 0.3) is 0 Å². The third-order valence-corrected chi connectivity index (χ3v) is 4.27. The molecule has 1 fully saturated rings. The van der Waals surface area contributed by atoms with Gasteiger partial charge in [0.1, 0.15) is 11.9 Å². The van der Waals surface area contributed by atoms with Crippen LogP contribution in [-0.4, -0.2) is 11.0 Å². The number of aromatic nitrogens is 1. The second-order valence-corrected chi connectivity index (χ2v) is 5.91. The van der Waals surface area contributed by atoms with Gasteiger partial charge in [0.15, 0.2) is 0 Å². The molecule has 2 unspecified atom stereocenters. The molecule has 0 aromatic carbocycles. The maximum absolute atomic E-state index is 9.27.